The topological polar surface area (TPSA) is 131 Å². The highest BCUT2D eigenvalue weighted by Gasteiger charge is 2.52. The van der Waals surface area contributed by atoms with Gasteiger partial charge in [-0.15, -0.1) is 10.2 Å². The summed E-state index contributed by atoms with van der Waals surface area (Å²) in [5, 5.41) is 13.0. The number of fused-ring (bicyclic) bond motifs is 3. The third-order valence-corrected chi connectivity index (χ3v) is 7.58. The van der Waals surface area contributed by atoms with E-state index in [1.807, 2.05) is 18.2 Å². The molecule has 2 aliphatic rings. The molecule has 3 aromatic rings. The number of imide groups is 1. The fraction of sp³-hybridized carbons (Fsp3) is 0.478. The van der Waals surface area contributed by atoms with Gasteiger partial charge in [0.25, 0.3) is 11.5 Å². The summed E-state index contributed by atoms with van der Waals surface area (Å²) >= 11 is 1.12. The van der Waals surface area contributed by atoms with Crippen molar-refractivity contribution >= 4 is 46.3 Å². The van der Waals surface area contributed by atoms with Gasteiger partial charge in [0.1, 0.15) is 5.54 Å². The van der Waals surface area contributed by atoms with Gasteiger partial charge >= 0.3 is 6.03 Å². The number of carbonyl (C=O) groups excluding carboxylic acids is 3. The van der Waals surface area contributed by atoms with E-state index in [0.29, 0.717) is 41.2 Å². The van der Waals surface area contributed by atoms with Crippen LogP contribution < -0.4 is 16.3 Å². The second kappa shape index (κ2) is 9.33. The van der Waals surface area contributed by atoms with Crippen molar-refractivity contribution in [2.45, 2.75) is 69.1 Å². The van der Waals surface area contributed by atoms with Crippen LogP contribution in [-0.4, -0.2) is 53.3 Å². The van der Waals surface area contributed by atoms with Crippen LogP contribution in [0, 0.1) is 0 Å². The van der Waals surface area contributed by atoms with Crippen LogP contribution in [-0.2, 0) is 16.1 Å². The van der Waals surface area contributed by atoms with E-state index in [9.17, 15) is 19.2 Å². The van der Waals surface area contributed by atoms with Crippen molar-refractivity contribution in [3.05, 3.63) is 34.6 Å². The molecule has 2 aromatic heterocycles. The van der Waals surface area contributed by atoms with Crippen LogP contribution in [0.4, 0.5) is 4.79 Å². The number of hydrogen-bond acceptors (Lipinski definition) is 7. The molecule has 1 aromatic carbocycles. The molecule has 0 radical (unpaired) electrons. The molecule has 3 heterocycles. The van der Waals surface area contributed by atoms with E-state index in [-0.39, 0.29) is 11.3 Å². The number of urea groups is 1. The Bertz CT molecular complexity index is 1380. The fourth-order valence-corrected chi connectivity index (χ4v) is 5.58. The van der Waals surface area contributed by atoms with E-state index in [1.165, 1.54) is 0 Å². The number of unbranched alkanes of at least 4 members (excludes halogenated alkanes) is 1. The molecule has 11 nitrogen and oxygen atoms in total. The van der Waals surface area contributed by atoms with Crippen molar-refractivity contribution in [1.29, 1.82) is 0 Å². The van der Waals surface area contributed by atoms with E-state index in [0.717, 1.165) is 48.9 Å². The van der Waals surface area contributed by atoms with Gasteiger partial charge in [0.2, 0.25) is 11.7 Å². The predicted octanol–water partition coefficient (Wildman–Crippen LogP) is 2.22. The molecule has 1 aliphatic heterocycles. The van der Waals surface area contributed by atoms with Crippen molar-refractivity contribution in [3.8, 4) is 0 Å². The van der Waals surface area contributed by atoms with Crippen LogP contribution in [0.3, 0.4) is 0 Å². The predicted molar refractivity (Wildman–Crippen MR) is 130 cm³/mol. The maximum Gasteiger partial charge on any atom is 0.344 e. The van der Waals surface area contributed by atoms with Gasteiger partial charge in [-0.2, -0.15) is 5.01 Å². The van der Waals surface area contributed by atoms with Crippen LogP contribution in [0.5, 0.6) is 0 Å². The lowest BCUT2D eigenvalue weighted by Gasteiger charge is -2.30. The smallest absolute Gasteiger partial charge is 0.322 e. The normalized spacial score (nSPS) is 17.5. The van der Waals surface area contributed by atoms with Crippen molar-refractivity contribution in [2.24, 2.45) is 0 Å². The average Bonchev–Trinajstić information content (AvgIpc) is 3.38. The first-order valence-electron chi connectivity index (χ1n) is 11.9. The molecule has 1 saturated heterocycles. The zero-order valence-corrected chi connectivity index (χ0v) is 20.3. The number of rotatable bonds is 7. The Balaban J connectivity index is 1.36. The summed E-state index contributed by atoms with van der Waals surface area (Å²) in [5.41, 5.74) is 2.07. The van der Waals surface area contributed by atoms with Crippen molar-refractivity contribution in [1.82, 2.24) is 34.9 Å². The second-order valence-electron chi connectivity index (χ2n) is 8.98. The molecule has 1 spiro atoms. The number of nitrogens with one attached hydrogen (secondary N) is 2. The summed E-state index contributed by atoms with van der Waals surface area (Å²) < 4.78 is 3.38. The first-order chi connectivity index (χ1) is 16.9. The van der Waals surface area contributed by atoms with E-state index < -0.39 is 23.4 Å². The minimum atomic E-state index is -0.903. The molecule has 0 atom stereocenters. The zero-order valence-electron chi connectivity index (χ0n) is 19.5. The Hall–Kier alpha value is -3.41. The lowest BCUT2D eigenvalue weighted by Crippen LogP contribution is -2.51. The minimum absolute atomic E-state index is 0.0900. The summed E-state index contributed by atoms with van der Waals surface area (Å²) in [6.45, 7) is 2.56. The number of amides is 4. The molecular weight excluding hydrogens is 470 g/mol. The van der Waals surface area contributed by atoms with Gasteiger partial charge in [-0.3, -0.25) is 28.8 Å². The Labute approximate surface area is 205 Å². The Morgan fingerprint density at radius 1 is 1.14 bits per heavy atom. The number of benzene rings is 1. The van der Waals surface area contributed by atoms with Crippen molar-refractivity contribution < 1.29 is 14.4 Å². The molecular formula is C23H27N7O4S. The second-order valence-corrected chi connectivity index (χ2v) is 9.93. The standard InChI is InChI=1S/C23H27N7O4S/c1-2-3-13-28-18(32)15-9-5-6-10-16(15)29-20(28)25-26-22(29)35-14-17(31)27-30-19(33)23(24-21(30)34)11-7-4-8-12-23/h5-6,9-10H,2-4,7-8,11-14H2,1H3,(H,24,34)(H,27,31). The number of hydrazine groups is 1. The Morgan fingerprint density at radius 3 is 2.69 bits per heavy atom. The first kappa shape index (κ1) is 23.3. The SMILES string of the molecule is CCCCn1c(=O)c2ccccc2n2c(SCC(=O)NN3C(=O)NC4(CCCCC4)C3=O)nnc12. The summed E-state index contributed by atoms with van der Waals surface area (Å²) in [5.74, 6) is -0.586. The number of aryl methyl sites for hydroxylation is 1. The molecule has 0 bridgehead atoms. The third-order valence-electron chi connectivity index (χ3n) is 6.65. The van der Waals surface area contributed by atoms with Gasteiger partial charge in [0.15, 0.2) is 5.16 Å². The number of nitrogens with zero attached hydrogens (tertiary/aromatic N) is 5. The van der Waals surface area contributed by atoms with Crippen LogP contribution >= 0.6 is 11.8 Å². The summed E-state index contributed by atoms with van der Waals surface area (Å²) in [4.78, 5) is 51.1. The van der Waals surface area contributed by atoms with Crippen molar-refractivity contribution in [2.75, 3.05) is 5.75 Å². The minimum Gasteiger partial charge on any atom is -0.322 e. The molecule has 12 heteroatoms. The van der Waals surface area contributed by atoms with Gasteiger partial charge in [-0.1, -0.05) is 56.5 Å². The quantitative estimate of drug-likeness (QED) is 0.378. The van der Waals surface area contributed by atoms with Gasteiger partial charge in [-0.25, -0.2) is 4.79 Å². The Kier molecular flexibility index (Phi) is 6.22. The highest BCUT2D eigenvalue weighted by molar-refractivity contribution is 7.99. The van der Waals surface area contributed by atoms with Crippen LogP contribution in [0.2, 0.25) is 0 Å². The average molecular weight is 498 g/mol. The van der Waals surface area contributed by atoms with Gasteiger partial charge in [0, 0.05) is 6.54 Å². The van der Waals surface area contributed by atoms with Gasteiger partial charge in [0.05, 0.1) is 16.7 Å². The molecule has 2 N–H and O–H groups in total. The number of para-hydroxylation sites is 1. The maximum atomic E-state index is 13.0. The molecule has 4 amide bonds. The summed E-state index contributed by atoms with van der Waals surface area (Å²) in [6.07, 6.45) is 5.65. The number of carbonyl (C=O) groups is 3. The van der Waals surface area contributed by atoms with Crippen molar-refractivity contribution in [3.63, 3.8) is 0 Å². The monoisotopic (exact) mass is 497 g/mol. The molecule has 5 rings (SSSR count). The number of aromatic nitrogens is 4. The molecule has 1 saturated carbocycles. The maximum absolute atomic E-state index is 13.0. The largest absolute Gasteiger partial charge is 0.344 e. The zero-order chi connectivity index (χ0) is 24.6. The van der Waals surface area contributed by atoms with Crippen LogP contribution in [0.25, 0.3) is 16.7 Å². The van der Waals surface area contributed by atoms with E-state index in [4.69, 9.17) is 0 Å². The molecule has 35 heavy (non-hydrogen) atoms. The number of hydrogen-bond donors (Lipinski definition) is 2. The van der Waals surface area contributed by atoms with E-state index >= 15 is 0 Å². The molecule has 1 aliphatic carbocycles. The van der Waals surface area contributed by atoms with Gasteiger partial charge in [-0.05, 0) is 31.4 Å². The highest BCUT2D eigenvalue weighted by Crippen LogP contribution is 2.33. The molecule has 2 fully saturated rings. The summed E-state index contributed by atoms with van der Waals surface area (Å²) in [6, 6.07) is 6.62. The summed E-state index contributed by atoms with van der Waals surface area (Å²) in [7, 11) is 0. The van der Waals surface area contributed by atoms with E-state index in [1.54, 1.807) is 15.0 Å². The third kappa shape index (κ3) is 4.05. The Morgan fingerprint density at radius 2 is 1.91 bits per heavy atom. The molecule has 0 unspecified atom stereocenters. The lowest BCUT2D eigenvalue weighted by atomic mass is 9.82. The first-order valence-corrected chi connectivity index (χ1v) is 12.9. The van der Waals surface area contributed by atoms with Crippen LogP contribution in [0.15, 0.2) is 34.2 Å². The molecule has 184 valence electrons. The number of thioether (sulfide) groups is 1. The van der Waals surface area contributed by atoms with E-state index in [2.05, 4.69) is 27.9 Å². The lowest BCUT2D eigenvalue weighted by molar-refractivity contribution is -0.139. The van der Waals surface area contributed by atoms with Gasteiger partial charge < -0.3 is 5.32 Å². The van der Waals surface area contributed by atoms with Crippen LogP contribution in [0.1, 0.15) is 51.9 Å². The highest BCUT2D eigenvalue weighted by atomic mass is 32.2. The fourth-order valence-electron chi connectivity index (χ4n) is 4.85.